The third kappa shape index (κ3) is 4.16. The van der Waals surface area contributed by atoms with Crippen LogP contribution in [0.15, 0.2) is 30.3 Å². The van der Waals surface area contributed by atoms with E-state index in [1.165, 1.54) is 12.5 Å². The summed E-state index contributed by atoms with van der Waals surface area (Å²) in [6.07, 6.45) is 0.845. The van der Waals surface area contributed by atoms with Gasteiger partial charge in [-0.15, -0.1) is 0 Å². The second-order valence-electron chi connectivity index (χ2n) is 6.86. The quantitative estimate of drug-likeness (QED) is 0.852. The van der Waals surface area contributed by atoms with E-state index in [0.717, 1.165) is 19.5 Å². The summed E-state index contributed by atoms with van der Waals surface area (Å²) in [6, 6.07) is 10.6. The van der Waals surface area contributed by atoms with Gasteiger partial charge in [0, 0.05) is 25.2 Å². The minimum atomic E-state index is -3.42. The highest BCUT2D eigenvalue weighted by atomic mass is 32.2. The number of sulfone groups is 1. The molecule has 1 saturated heterocycles. The van der Waals surface area contributed by atoms with Crippen LogP contribution in [0.4, 0.5) is 0 Å². The molecule has 0 aliphatic carbocycles. The molecular weight excluding hydrogens is 324 g/mol. The highest BCUT2D eigenvalue weighted by Gasteiger charge is 2.34. The van der Waals surface area contributed by atoms with Crippen LogP contribution in [0, 0.1) is 0 Å². The zero-order valence-corrected chi connectivity index (χ0v) is 15.7. The molecule has 0 aromatic heterocycles. The van der Waals surface area contributed by atoms with Gasteiger partial charge < -0.3 is 5.32 Å². The number of amides is 1. The fourth-order valence-electron chi connectivity index (χ4n) is 3.08. The van der Waals surface area contributed by atoms with E-state index in [1.54, 1.807) is 13.8 Å². The van der Waals surface area contributed by atoms with Crippen molar-refractivity contribution in [3.63, 3.8) is 0 Å². The number of nitrogens with one attached hydrogen (secondary N) is 1. The van der Waals surface area contributed by atoms with Gasteiger partial charge in [0.05, 0.1) is 5.25 Å². The Morgan fingerprint density at radius 1 is 1.17 bits per heavy atom. The Labute approximate surface area is 145 Å². The Kier molecular flexibility index (Phi) is 6.04. The van der Waals surface area contributed by atoms with E-state index in [4.69, 9.17) is 0 Å². The molecule has 1 aliphatic heterocycles. The zero-order chi connectivity index (χ0) is 17.9. The van der Waals surface area contributed by atoms with Crippen LogP contribution in [0.1, 0.15) is 45.7 Å². The first-order valence-corrected chi connectivity index (χ1v) is 10.2. The van der Waals surface area contributed by atoms with E-state index in [1.807, 2.05) is 18.2 Å². The Bertz CT molecular complexity index is 658. The summed E-state index contributed by atoms with van der Waals surface area (Å²) >= 11 is 0. The molecule has 1 aromatic carbocycles. The van der Waals surface area contributed by atoms with Crippen LogP contribution in [0.3, 0.4) is 0 Å². The standard InChI is InChI=1S/C18H28N2O3S/c1-13(2)24(22,23)15(4)18(21)19-17-10-11-20(12-17)14(3)16-8-6-5-7-9-16/h5-9,13-15,17H,10-12H2,1-4H3,(H,19,21)/t14-,15+,17-/m1/s1. The smallest absolute Gasteiger partial charge is 0.238 e. The minimum absolute atomic E-state index is 0.00785. The van der Waals surface area contributed by atoms with Crippen molar-refractivity contribution < 1.29 is 13.2 Å². The fourth-order valence-corrected chi connectivity index (χ4v) is 4.26. The van der Waals surface area contributed by atoms with Crippen LogP contribution >= 0.6 is 0 Å². The van der Waals surface area contributed by atoms with Gasteiger partial charge in [-0.3, -0.25) is 9.69 Å². The second-order valence-corrected chi connectivity index (χ2v) is 9.68. The molecule has 1 aromatic rings. The number of rotatable bonds is 6. The molecule has 0 bridgehead atoms. The molecule has 1 fully saturated rings. The van der Waals surface area contributed by atoms with Crippen molar-refractivity contribution in [1.29, 1.82) is 0 Å². The topological polar surface area (TPSA) is 66.5 Å². The molecule has 0 radical (unpaired) electrons. The van der Waals surface area contributed by atoms with Crippen molar-refractivity contribution >= 4 is 15.7 Å². The summed E-state index contributed by atoms with van der Waals surface area (Å²) in [5.41, 5.74) is 1.25. The average Bonchev–Trinajstić information content (AvgIpc) is 3.02. The van der Waals surface area contributed by atoms with Crippen molar-refractivity contribution in [2.75, 3.05) is 13.1 Å². The van der Waals surface area contributed by atoms with Crippen molar-refractivity contribution in [2.24, 2.45) is 0 Å². The van der Waals surface area contributed by atoms with Gasteiger partial charge in [-0.2, -0.15) is 0 Å². The number of carbonyl (C=O) groups excluding carboxylic acids is 1. The lowest BCUT2D eigenvalue weighted by Crippen LogP contribution is -2.46. The summed E-state index contributed by atoms with van der Waals surface area (Å²) in [5, 5.41) is 1.37. The number of benzene rings is 1. The highest BCUT2D eigenvalue weighted by molar-refractivity contribution is 7.93. The molecule has 1 amide bonds. The molecular formula is C18H28N2O3S. The molecule has 1 N–H and O–H groups in total. The van der Waals surface area contributed by atoms with Crippen molar-refractivity contribution in [2.45, 2.75) is 56.7 Å². The van der Waals surface area contributed by atoms with E-state index in [0.29, 0.717) is 0 Å². The van der Waals surface area contributed by atoms with Crippen molar-refractivity contribution in [3.05, 3.63) is 35.9 Å². The third-order valence-electron chi connectivity index (χ3n) is 4.91. The normalized spacial score (nSPS) is 21.6. The molecule has 1 heterocycles. The number of hydrogen-bond donors (Lipinski definition) is 1. The lowest BCUT2D eigenvalue weighted by Gasteiger charge is -2.25. The summed E-state index contributed by atoms with van der Waals surface area (Å²) in [6.45, 7) is 8.49. The second kappa shape index (κ2) is 7.66. The van der Waals surface area contributed by atoms with Gasteiger partial charge in [-0.1, -0.05) is 30.3 Å². The maximum absolute atomic E-state index is 12.3. The molecule has 1 aliphatic rings. The van der Waals surface area contributed by atoms with Crippen LogP contribution in [0.5, 0.6) is 0 Å². The lowest BCUT2D eigenvalue weighted by molar-refractivity contribution is -0.121. The van der Waals surface area contributed by atoms with Gasteiger partial charge in [0.1, 0.15) is 5.25 Å². The lowest BCUT2D eigenvalue weighted by atomic mass is 10.1. The highest BCUT2D eigenvalue weighted by Crippen LogP contribution is 2.24. The Hall–Kier alpha value is -1.40. The Balaban J connectivity index is 1.93. The maximum atomic E-state index is 12.3. The van der Waals surface area contributed by atoms with E-state index in [2.05, 4.69) is 29.3 Å². The number of likely N-dealkylation sites (tertiary alicyclic amines) is 1. The monoisotopic (exact) mass is 352 g/mol. The van der Waals surface area contributed by atoms with Crippen LogP contribution in [0.25, 0.3) is 0 Å². The number of hydrogen-bond acceptors (Lipinski definition) is 4. The third-order valence-corrected chi connectivity index (χ3v) is 7.43. The van der Waals surface area contributed by atoms with Crippen LogP contribution in [0.2, 0.25) is 0 Å². The molecule has 0 saturated carbocycles. The van der Waals surface area contributed by atoms with Gasteiger partial charge in [0.2, 0.25) is 5.91 Å². The molecule has 2 rings (SSSR count). The van der Waals surface area contributed by atoms with Gasteiger partial charge in [0.25, 0.3) is 0 Å². The van der Waals surface area contributed by atoms with Gasteiger partial charge >= 0.3 is 0 Å². The Morgan fingerprint density at radius 3 is 2.38 bits per heavy atom. The predicted molar refractivity (Wildman–Crippen MR) is 96.5 cm³/mol. The average molecular weight is 353 g/mol. The Morgan fingerprint density at radius 2 is 1.79 bits per heavy atom. The largest absolute Gasteiger partial charge is 0.351 e. The first-order chi connectivity index (χ1) is 11.2. The summed E-state index contributed by atoms with van der Waals surface area (Å²) in [5.74, 6) is -0.386. The van der Waals surface area contributed by atoms with Gasteiger partial charge in [-0.25, -0.2) is 8.42 Å². The van der Waals surface area contributed by atoms with E-state index in [9.17, 15) is 13.2 Å². The zero-order valence-electron chi connectivity index (χ0n) is 14.9. The molecule has 134 valence electrons. The molecule has 5 nitrogen and oxygen atoms in total. The SMILES string of the molecule is CC(C)S(=O)(=O)[C@@H](C)C(=O)N[C@@H]1CCN([C@H](C)c2ccccc2)C1. The van der Waals surface area contributed by atoms with Gasteiger partial charge in [0.15, 0.2) is 9.84 Å². The van der Waals surface area contributed by atoms with Crippen LogP contribution in [-0.2, 0) is 14.6 Å². The van der Waals surface area contributed by atoms with Crippen molar-refractivity contribution in [3.8, 4) is 0 Å². The first-order valence-electron chi connectivity index (χ1n) is 8.55. The summed E-state index contributed by atoms with van der Waals surface area (Å²) in [7, 11) is -3.42. The fraction of sp³-hybridized carbons (Fsp3) is 0.611. The van der Waals surface area contributed by atoms with E-state index < -0.39 is 20.3 Å². The van der Waals surface area contributed by atoms with Gasteiger partial charge in [-0.05, 0) is 39.7 Å². The molecule has 0 spiro atoms. The minimum Gasteiger partial charge on any atom is -0.351 e. The van der Waals surface area contributed by atoms with E-state index >= 15 is 0 Å². The number of nitrogens with zero attached hydrogens (tertiary/aromatic N) is 1. The summed E-state index contributed by atoms with van der Waals surface area (Å²) in [4.78, 5) is 14.6. The first kappa shape index (κ1) is 18.9. The predicted octanol–water partition coefficient (Wildman–Crippen LogP) is 2.15. The van der Waals surface area contributed by atoms with Crippen LogP contribution in [-0.4, -0.2) is 48.9 Å². The van der Waals surface area contributed by atoms with Crippen LogP contribution < -0.4 is 5.32 Å². The van der Waals surface area contributed by atoms with Crippen molar-refractivity contribution in [1.82, 2.24) is 10.2 Å². The molecule has 3 atom stereocenters. The number of carbonyl (C=O) groups is 1. The maximum Gasteiger partial charge on any atom is 0.238 e. The molecule has 0 unspecified atom stereocenters. The molecule has 24 heavy (non-hydrogen) atoms. The van der Waals surface area contributed by atoms with E-state index in [-0.39, 0.29) is 18.0 Å². The molecule has 6 heteroatoms. The summed E-state index contributed by atoms with van der Waals surface area (Å²) < 4.78 is 24.3.